The smallest absolute Gasteiger partial charge is 0.184 e. The summed E-state index contributed by atoms with van der Waals surface area (Å²) in [6, 6.07) is 0. The van der Waals surface area contributed by atoms with E-state index in [1.165, 1.54) is 70.6 Å². The molecule has 5 rings (SSSR count). The first-order valence-corrected chi connectivity index (χ1v) is 13.1. The molecular weight excluding hydrogens is 356 g/mol. The van der Waals surface area contributed by atoms with Gasteiger partial charge >= 0.3 is 0 Å². The molecule has 1 saturated heterocycles. The van der Waals surface area contributed by atoms with Crippen LogP contribution in [0.3, 0.4) is 0 Å². The first-order chi connectivity index (χ1) is 13.8. The fourth-order valence-electron chi connectivity index (χ4n) is 9.65. The van der Waals surface area contributed by atoms with Crippen LogP contribution in [0, 0.1) is 46.3 Å². The molecule has 0 radical (unpaired) electrons. The van der Waals surface area contributed by atoms with Gasteiger partial charge in [-0.1, -0.05) is 46.5 Å². The van der Waals surface area contributed by atoms with Gasteiger partial charge in [-0.15, -0.1) is 0 Å². The van der Waals surface area contributed by atoms with Crippen LogP contribution in [0.4, 0.5) is 0 Å². The number of ether oxygens (including phenoxy) is 1. The minimum Gasteiger partial charge on any atom is -0.366 e. The van der Waals surface area contributed by atoms with Gasteiger partial charge in [0.05, 0.1) is 0 Å². The Morgan fingerprint density at radius 1 is 0.897 bits per heavy atom. The minimum absolute atomic E-state index is 0.228. The van der Waals surface area contributed by atoms with Crippen molar-refractivity contribution >= 4 is 0 Å². The first kappa shape index (κ1) is 20.8. The molecular formula is C27H46O2. The van der Waals surface area contributed by atoms with Crippen molar-refractivity contribution in [3.63, 3.8) is 0 Å². The monoisotopic (exact) mass is 402 g/mol. The Balaban J connectivity index is 1.25. The van der Waals surface area contributed by atoms with Crippen molar-refractivity contribution < 1.29 is 9.84 Å². The average Bonchev–Trinajstić information content (AvgIpc) is 3.11. The SMILES string of the molecule is C[C@H](CCCC1(C)OC1O)[C@H]1CC[C@H]2[C@@H]3CCC4CCCC[C@]4(C)[C@H]3CC[C@]12C. The highest BCUT2D eigenvalue weighted by Gasteiger charge is 2.60. The van der Waals surface area contributed by atoms with Crippen LogP contribution in [0.5, 0.6) is 0 Å². The van der Waals surface area contributed by atoms with Crippen molar-refractivity contribution in [3.05, 3.63) is 0 Å². The number of aliphatic hydroxyl groups is 1. The van der Waals surface area contributed by atoms with E-state index in [0.29, 0.717) is 10.8 Å². The Kier molecular flexibility index (Phi) is 5.18. The van der Waals surface area contributed by atoms with E-state index in [9.17, 15) is 5.11 Å². The van der Waals surface area contributed by atoms with Gasteiger partial charge in [-0.2, -0.15) is 0 Å². The minimum atomic E-state index is -0.502. The largest absolute Gasteiger partial charge is 0.366 e. The second-order valence-electron chi connectivity index (χ2n) is 12.8. The van der Waals surface area contributed by atoms with Crippen molar-refractivity contribution in [2.75, 3.05) is 0 Å². The van der Waals surface area contributed by atoms with Crippen LogP contribution < -0.4 is 0 Å². The highest BCUT2D eigenvalue weighted by Crippen LogP contribution is 2.68. The first-order valence-electron chi connectivity index (χ1n) is 13.1. The summed E-state index contributed by atoms with van der Waals surface area (Å²) in [7, 11) is 0. The Bertz CT molecular complexity index is 618. The van der Waals surface area contributed by atoms with Crippen LogP contribution >= 0.6 is 0 Å². The van der Waals surface area contributed by atoms with Crippen molar-refractivity contribution in [2.45, 2.75) is 123 Å². The van der Waals surface area contributed by atoms with Crippen LogP contribution in [0.1, 0.15) is 111 Å². The zero-order chi connectivity index (χ0) is 20.4. The molecule has 5 fully saturated rings. The third kappa shape index (κ3) is 3.25. The maximum absolute atomic E-state index is 9.65. The number of hydrogen-bond donors (Lipinski definition) is 1. The highest BCUT2D eigenvalue weighted by atomic mass is 16.7. The molecule has 0 aromatic heterocycles. The Labute approximate surface area is 179 Å². The van der Waals surface area contributed by atoms with Crippen LogP contribution in [-0.4, -0.2) is 17.0 Å². The molecule has 4 aliphatic carbocycles. The van der Waals surface area contributed by atoms with E-state index in [1.807, 2.05) is 0 Å². The molecule has 1 N–H and O–H groups in total. The van der Waals surface area contributed by atoms with Gasteiger partial charge in [0.1, 0.15) is 5.60 Å². The molecule has 3 unspecified atom stereocenters. The average molecular weight is 403 g/mol. The van der Waals surface area contributed by atoms with E-state index in [4.69, 9.17) is 4.74 Å². The highest BCUT2D eigenvalue weighted by molar-refractivity contribution is 5.09. The fraction of sp³-hybridized carbons (Fsp3) is 1.00. The third-order valence-corrected chi connectivity index (χ3v) is 11.5. The van der Waals surface area contributed by atoms with E-state index in [0.717, 1.165) is 41.9 Å². The molecule has 0 amide bonds. The number of epoxide rings is 1. The zero-order valence-electron chi connectivity index (χ0n) is 19.6. The quantitative estimate of drug-likeness (QED) is 0.505. The number of hydrogen-bond acceptors (Lipinski definition) is 2. The van der Waals surface area contributed by atoms with Crippen LogP contribution in [0.25, 0.3) is 0 Å². The summed E-state index contributed by atoms with van der Waals surface area (Å²) in [6.45, 7) is 10.0. The number of aliphatic hydroxyl groups excluding tert-OH is 1. The third-order valence-electron chi connectivity index (χ3n) is 11.5. The molecule has 2 nitrogen and oxygen atoms in total. The Hall–Kier alpha value is -0.0800. The number of fused-ring (bicyclic) bond motifs is 5. The van der Waals surface area contributed by atoms with E-state index < -0.39 is 6.29 Å². The lowest BCUT2D eigenvalue weighted by atomic mass is 9.44. The second-order valence-corrected chi connectivity index (χ2v) is 12.8. The molecule has 0 aromatic carbocycles. The molecule has 5 aliphatic rings. The van der Waals surface area contributed by atoms with Gasteiger partial charge in [0.25, 0.3) is 0 Å². The molecule has 2 heteroatoms. The molecule has 0 bridgehead atoms. The summed E-state index contributed by atoms with van der Waals surface area (Å²) >= 11 is 0. The summed E-state index contributed by atoms with van der Waals surface area (Å²) in [4.78, 5) is 0. The summed E-state index contributed by atoms with van der Waals surface area (Å²) in [5.41, 5.74) is 1.04. The predicted molar refractivity (Wildman–Crippen MR) is 118 cm³/mol. The van der Waals surface area contributed by atoms with Gasteiger partial charge in [-0.3, -0.25) is 0 Å². The lowest BCUT2D eigenvalue weighted by Gasteiger charge is -2.61. The Morgan fingerprint density at radius 3 is 2.41 bits per heavy atom. The molecule has 0 spiro atoms. The second kappa shape index (κ2) is 7.22. The lowest BCUT2D eigenvalue weighted by molar-refractivity contribution is -0.114. The van der Waals surface area contributed by atoms with E-state index in [2.05, 4.69) is 27.7 Å². The van der Waals surface area contributed by atoms with Gasteiger partial charge in [0.2, 0.25) is 0 Å². The summed E-state index contributed by atoms with van der Waals surface area (Å²) in [6.07, 6.45) is 18.2. The van der Waals surface area contributed by atoms with Crippen molar-refractivity contribution in [2.24, 2.45) is 46.3 Å². The zero-order valence-corrected chi connectivity index (χ0v) is 19.6. The van der Waals surface area contributed by atoms with E-state index >= 15 is 0 Å². The van der Waals surface area contributed by atoms with Gasteiger partial charge in [-0.25, -0.2) is 0 Å². The molecule has 1 heterocycles. The standard InChI is InChI=1S/C27H46O2/c1-18(8-7-16-27(4)24(28)29-27)21-12-13-22-20-11-10-19-9-5-6-15-25(19,2)23(20)14-17-26(21,22)3/h18-24,28H,5-17H2,1-4H3/t18-,19?,20+,21-,22+,23+,24?,25+,26-,27?/m1/s1. The summed E-state index contributed by atoms with van der Waals surface area (Å²) in [5, 5.41) is 9.65. The molecule has 4 saturated carbocycles. The normalized spacial score (nSPS) is 54.9. The van der Waals surface area contributed by atoms with Crippen LogP contribution in [0.15, 0.2) is 0 Å². The molecule has 0 aromatic rings. The van der Waals surface area contributed by atoms with Crippen molar-refractivity contribution in [3.8, 4) is 0 Å². The van der Waals surface area contributed by atoms with Gasteiger partial charge < -0.3 is 9.84 Å². The maximum Gasteiger partial charge on any atom is 0.184 e. The van der Waals surface area contributed by atoms with Crippen LogP contribution in [0.2, 0.25) is 0 Å². The molecule has 10 atom stereocenters. The van der Waals surface area contributed by atoms with Gasteiger partial charge in [0.15, 0.2) is 6.29 Å². The van der Waals surface area contributed by atoms with Gasteiger partial charge in [0, 0.05) is 0 Å². The van der Waals surface area contributed by atoms with E-state index in [1.54, 1.807) is 6.42 Å². The molecule has 166 valence electrons. The molecule has 29 heavy (non-hydrogen) atoms. The van der Waals surface area contributed by atoms with Crippen molar-refractivity contribution in [1.29, 1.82) is 0 Å². The van der Waals surface area contributed by atoms with Gasteiger partial charge in [-0.05, 0) is 111 Å². The lowest BCUT2D eigenvalue weighted by Crippen LogP contribution is -2.53. The molecule has 1 aliphatic heterocycles. The Morgan fingerprint density at radius 2 is 1.66 bits per heavy atom. The van der Waals surface area contributed by atoms with Crippen molar-refractivity contribution in [1.82, 2.24) is 0 Å². The van der Waals surface area contributed by atoms with Crippen LogP contribution in [-0.2, 0) is 4.74 Å². The topological polar surface area (TPSA) is 32.8 Å². The predicted octanol–water partition coefficient (Wildman–Crippen LogP) is 6.95. The maximum atomic E-state index is 9.65. The fourth-order valence-corrected chi connectivity index (χ4v) is 9.65. The summed E-state index contributed by atoms with van der Waals surface area (Å²) < 4.78 is 5.38. The number of rotatable bonds is 5. The summed E-state index contributed by atoms with van der Waals surface area (Å²) in [5.74, 6) is 5.84. The van der Waals surface area contributed by atoms with E-state index in [-0.39, 0.29) is 5.60 Å².